The van der Waals surface area contributed by atoms with Crippen LogP contribution in [0.1, 0.15) is 0 Å². The van der Waals surface area contributed by atoms with E-state index in [1.54, 1.807) is 0 Å². The zero-order valence-electron chi connectivity index (χ0n) is 6.03. The third-order valence-corrected chi connectivity index (χ3v) is 1.89. The van der Waals surface area contributed by atoms with Crippen LogP contribution >= 0.6 is 0 Å². The van der Waals surface area contributed by atoms with Crippen molar-refractivity contribution in [3.63, 3.8) is 0 Å². The lowest BCUT2D eigenvalue weighted by Gasteiger charge is -2.20. The van der Waals surface area contributed by atoms with Gasteiger partial charge in [0.1, 0.15) is 0 Å². The summed E-state index contributed by atoms with van der Waals surface area (Å²) in [4.78, 5) is 11.2. The molecule has 0 spiro atoms. The highest BCUT2D eigenvalue weighted by Crippen LogP contribution is 2.12. The van der Waals surface area contributed by atoms with Crippen LogP contribution in [0.4, 0.5) is 0 Å². The Kier molecular flexibility index (Phi) is 1.39. The molecule has 3 aliphatic rings. The van der Waals surface area contributed by atoms with Gasteiger partial charge in [-0.3, -0.25) is 4.79 Å². The number of rotatable bonds is 0. The van der Waals surface area contributed by atoms with Crippen LogP contribution in [-0.4, -0.2) is 11.9 Å². The third kappa shape index (κ3) is 1.11. The van der Waals surface area contributed by atoms with Gasteiger partial charge in [-0.15, -0.1) is 0 Å². The zero-order chi connectivity index (χ0) is 7.68. The molecule has 2 aliphatic heterocycles. The Bertz CT molecular complexity index is 263. The van der Waals surface area contributed by atoms with Crippen molar-refractivity contribution in [1.82, 2.24) is 5.32 Å². The van der Waals surface area contributed by atoms with Crippen molar-refractivity contribution in [2.24, 2.45) is 5.92 Å². The highest BCUT2D eigenvalue weighted by Gasteiger charge is 2.19. The first kappa shape index (κ1) is 6.40. The number of hydrogen-bond acceptors (Lipinski definition) is 1. The van der Waals surface area contributed by atoms with Gasteiger partial charge in [-0.2, -0.15) is 0 Å². The van der Waals surface area contributed by atoms with E-state index >= 15 is 0 Å². The minimum Gasteiger partial charge on any atom is -0.346 e. The molecular formula is C9H9NO. The van der Waals surface area contributed by atoms with Crippen LogP contribution < -0.4 is 5.32 Å². The summed E-state index contributed by atoms with van der Waals surface area (Å²) in [5.41, 5.74) is 0. The summed E-state index contributed by atoms with van der Waals surface area (Å²) in [6.07, 6.45) is 11.7. The van der Waals surface area contributed by atoms with Gasteiger partial charge < -0.3 is 5.32 Å². The Balaban J connectivity index is 2.38. The zero-order valence-corrected chi connectivity index (χ0v) is 6.03. The minimum atomic E-state index is -0.0591. The summed E-state index contributed by atoms with van der Waals surface area (Å²) in [6, 6.07) is 0.101. The molecule has 2 unspecified atom stereocenters. The Morgan fingerprint density at radius 1 is 1.09 bits per heavy atom. The quantitative estimate of drug-likeness (QED) is 0.504. The average Bonchev–Trinajstić information content (AvgIpc) is 1.92. The summed E-state index contributed by atoms with van der Waals surface area (Å²) in [7, 11) is 0. The lowest BCUT2D eigenvalue weighted by molar-refractivity contribution is -0.123. The average molecular weight is 147 g/mol. The second kappa shape index (κ2) is 2.38. The molecule has 2 heteroatoms. The highest BCUT2D eigenvalue weighted by molar-refractivity contribution is 5.84. The summed E-state index contributed by atoms with van der Waals surface area (Å²) in [5, 5.41) is 2.85. The molecule has 0 saturated heterocycles. The van der Waals surface area contributed by atoms with E-state index in [1.165, 1.54) is 0 Å². The van der Waals surface area contributed by atoms with Crippen molar-refractivity contribution >= 4 is 5.91 Å². The fourth-order valence-electron chi connectivity index (χ4n) is 1.27. The number of allylic oxidation sites excluding steroid dienone is 2. The SMILES string of the molecule is O=C1NC2C=CC1/C=C\C=C/2. The van der Waals surface area contributed by atoms with Crippen molar-refractivity contribution in [1.29, 1.82) is 0 Å². The molecular weight excluding hydrogens is 138 g/mol. The van der Waals surface area contributed by atoms with Gasteiger partial charge in [-0.25, -0.2) is 0 Å². The standard InChI is InChI=1S/C9H9NO/c11-9-7-3-1-2-4-8(10-9)6-5-7/h1-8H,(H,10,11)/b3-1-,4-2-. The van der Waals surface area contributed by atoms with Gasteiger partial charge >= 0.3 is 0 Å². The number of amides is 1. The molecule has 0 radical (unpaired) electrons. The summed E-state index contributed by atoms with van der Waals surface area (Å²) < 4.78 is 0. The molecule has 2 atom stereocenters. The number of nitrogens with one attached hydrogen (secondary N) is 1. The molecule has 0 aromatic rings. The van der Waals surface area contributed by atoms with Crippen LogP contribution in [0.15, 0.2) is 36.5 Å². The van der Waals surface area contributed by atoms with Crippen LogP contribution in [-0.2, 0) is 4.79 Å². The smallest absolute Gasteiger partial charge is 0.231 e. The normalized spacial score (nSPS) is 39.1. The number of carbonyl (C=O) groups is 1. The fourth-order valence-corrected chi connectivity index (χ4v) is 1.27. The molecule has 56 valence electrons. The van der Waals surface area contributed by atoms with E-state index in [1.807, 2.05) is 36.5 Å². The molecule has 2 nitrogen and oxygen atoms in total. The molecule has 0 aromatic carbocycles. The lowest BCUT2D eigenvalue weighted by Crippen LogP contribution is -2.39. The first-order valence-electron chi connectivity index (χ1n) is 3.70. The van der Waals surface area contributed by atoms with Crippen LogP contribution in [0.5, 0.6) is 0 Å². The third-order valence-electron chi connectivity index (χ3n) is 1.89. The van der Waals surface area contributed by atoms with Crippen LogP contribution in [0.3, 0.4) is 0 Å². The molecule has 11 heavy (non-hydrogen) atoms. The summed E-state index contributed by atoms with van der Waals surface area (Å²) >= 11 is 0. The van der Waals surface area contributed by atoms with E-state index in [0.29, 0.717) is 0 Å². The van der Waals surface area contributed by atoms with Crippen LogP contribution in [0.2, 0.25) is 0 Å². The molecule has 0 aromatic heterocycles. The Morgan fingerprint density at radius 3 is 2.73 bits per heavy atom. The summed E-state index contributed by atoms with van der Waals surface area (Å²) in [5.74, 6) is 0.0364. The maximum absolute atomic E-state index is 11.2. The molecule has 1 aliphatic carbocycles. The van der Waals surface area contributed by atoms with Crippen molar-refractivity contribution in [3.05, 3.63) is 36.5 Å². The predicted molar refractivity (Wildman–Crippen MR) is 42.8 cm³/mol. The van der Waals surface area contributed by atoms with Crippen molar-refractivity contribution in [2.75, 3.05) is 0 Å². The lowest BCUT2D eigenvalue weighted by atomic mass is 9.99. The Morgan fingerprint density at radius 2 is 1.91 bits per heavy atom. The number of carbonyl (C=O) groups excluding carboxylic acids is 1. The largest absolute Gasteiger partial charge is 0.346 e. The van der Waals surface area contributed by atoms with E-state index in [2.05, 4.69) is 5.32 Å². The minimum absolute atomic E-state index is 0.0591. The van der Waals surface area contributed by atoms with Gasteiger partial charge in [0.15, 0.2) is 0 Å². The molecule has 2 bridgehead atoms. The highest BCUT2D eigenvalue weighted by atomic mass is 16.1. The van der Waals surface area contributed by atoms with Crippen LogP contribution in [0, 0.1) is 5.92 Å². The first-order valence-corrected chi connectivity index (χ1v) is 3.70. The fraction of sp³-hybridized carbons (Fsp3) is 0.222. The van der Waals surface area contributed by atoms with E-state index in [-0.39, 0.29) is 17.9 Å². The van der Waals surface area contributed by atoms with Gasteiger partial charge in [-0.05, 0) is 0 Å². The van der Waals surface area contributed by atoms with Crippen molar-refractivity contribution in [3.8, 4) is 0 Å². The molecule has 2 heterocycles. The topological polar surface area (TPSA) is 29.1 Å². The maximum Gasteiger partial charge on any atom is 0.231 e. The first-order chi connectivity index (χ1) is 5.36. The van der Waals surface area contributed by atoms with Gasteiger partial charge in [-0.1, -0.05) is 36.5 Å². The van der Waals surface area contributed by atoms with Gasteiger partial charge in [0.25, 0.3) is 0 Å². The van der Waals surface area contributed by atoms with Gasteiger partial charge in [0.05, 0.1) is 12.0 Å². The summed E-state index contributed by atoms with van der Waals surface area (Å²) in [6.45, 7) is 0. The second-order valence-corrected chi connectivity index (χ2v) is 2.71. The number of fused-ring (bicyclic) bond motifs is 2. The van der Waals surface area contributed by atoms with E-state index < -0.39 is 0 Å². The van der Waals surface area contributed by atoms with Crippen LogP contribution in [0.25, 0.3) is 0 Å². The predicted octanol–water partition coefficient (Wildman–Crippen LogP) is 0.783. The maximum atomic E-state index is 11.2. The van der Waals surface area contributed by atoms with Crippen molar-refractivity contribution < 1.29 is 4.79 Å². The molecule has 0 fully saturated rings. The molecule has 3 rings (SSSR count). The van der Waals surface area contributed by atoms with E-state index in [0.717, 1.165) is 0 Å². The van der Waals surface area contributed by atoms with E-state index in [4.69, 9.17) is 0 Å². The second-order valence-electron chi connectivity index (χ2n) is 2.71. The van der Waals surface area contributed by atoms with Gasteiger partial charge in [0.2, 0.25) is 5.91 Å². The Labute approximate surface area is 65.3 Å². The molecule has 1 N–H and O–H groups in total. The van der Waals surface area contributed by atoms with E-state index in [9.17, 15) is 4.79 Å². The number of hydrogen-bond donors (Lipinski definition) is 1. The molecule has 0 saturated carbocycles. The molecule has 1 amide bonds. The Hall–Kier alpha value is -1.31. The van der Waals surface area contributed by atoms with Gasteiger partial charge in [0, 0.05) is 0 Å². The monoisotopic (exact) mass is 147 g/mol. The van der Waals surface area contributed by atoms with Crippen molar-refractivity contribution in [2.45, 2.75) is 6.04 Å².